The van der Waals surface area contributed by atoms with Gasteiger partial charge in [-0.15, -0.1) is 0 Å². The fourth-order valence-electron chi connectivity index (χ4n) is 2.31. The lowest BCUT2D eigenvalue weighted by Gasteiger charge is -2.17. The smallest absolute Gasteiger partial charge is 0.188 e. The summed E-state index contributed by atoms with van der Waals surface area (Å²) in [6.45, 7) is 8.09. The number of guanidine groups is 1. The van der Waals surface area contributed by atoms with E-state index < -0.39 is 0 Å². The van der Waals surface area contributed by atoms with Crippen molar-refractivity contribution >= 4 is 5.96 Å². The highest BCUT2D eigenvalue weighted by molar-refractivity contribution is 5.78. The van der Waals surface area contributed by atoms with Crippen LogP contribution < -0.4 is 11.1 Å². The monoisotopic (exact) mass is 241 g/mol. The lowest BCUT2D eigenvalue weighted by Crippen LogP contribution is -2.41. The topological polar surface area (TPSA) is 59.6 Å². The zero-order valence-electron chi connectivity index (χ0n) is 11.6. The van der Waals surface area contributed by atoms with Gasteiger partial charge >= 0.3 is 0 Å². The molecule has 4 heteroatoms. The lowest BCUT2D eigenvalue weighted by atomic mass is 9.94. The van der Waals surface area contributed by atoms with E-state index in [1.54, 1.807) is 7.11 Å². The molecule has 1 fully saturated rings. The fraction of sp³-hybridized carbons (Fsp3) is 0.923. The van der Waals surface area contributed by atoms with Gasteiger partial charge in [0, 0.05) is 19.7 Å². The van der Waals surface area contributed by atoms with Crippen LogP contribution in [-0.4, -0.2) is 32.3 Å². The molecule has 100 valence electrons. The van der Waals surface area contributed by atoms with Crippen LogP contribution in [0.5, 0.6) is 0 Å². The van der Waals surface area contributed by atoms with E-state index in [-0.39, 0.29) is 6.04 Å². The normalized spacial score (nSPS) is 20.4. The van der Waals surface area contributed by atoms with Gasteiger partial charge in [0.2, 0.25) is 0 Å². The molecular formula is C13H27N3O. The molecule has 0 aliphatic heterocycles. The zero-order chi connectivity index (χ0) is 12.9. The molecule has 1 unspecified atom stereocenters. The summed E-state index contributed by atoms with van der Waals surface area (Å²) in [4.78, 5) is 4.46. The van der Waals surface area contributed by atoms with Gasteiger partial charge in [-0.3, -0.25) is 4.99 Å². The van der Waals surface area contributed by atoms with Crippen LogP contribution in [0.3, 0.4) is 0 Å². The molecule has 3 N–H and O–H groups in total. The second-order valence-electron chi connectivity index (χ2n) is 5.80. The zero-order valence-corrected chi connectivity index (χ0v) is 11.6. The van der Waals surface area contributed by atoms with Gasteiger partial charge in [-0.2, -0.15) is 0 Å². The molecule has 0 aromatic carbocycles. The third-order valence-corrected chi connectivity index (χ3v) is 3.19. The van der Waals surface area contributed by atoms with Gasteiger partial charge in [-0.1, -0.05) is 13.8 Å². The molecule has 17 heavy (non-hydrogen) atoms. The fourth-order valence-corrected chi connectivity index (χ4v) is 2.31. The van der Waals surface area contributed by atoms with Crippen molar-refractivity contribution in [1.29, 1.82) is 0 Å². The number of methoxy groups -OCH3 is 1. The molecule has 4 nitrogen and oxygen atoms in total. The predicted octanol–water partition coefficient (Wildman–Crippen LogP) is 1.75. The molecule has 0 amide bonds. The van der Waals surface area contributed by atoms with E-state index in [0.29, 0.717) is 18.0 Å². The Kier molecular flexibility index (Phi) is 5.25. The van der Waals surface area contributed by atoms with E-state index >= 15 is 0 Å². The van der Waals surface area contributed by atoms with E-state index in [0.717, 1.165) is 12.5 Å². The molecule has 0 spiro atoms. The summed E-state index contributed by atoms with van der Waals surface area (Å²) in [5.74, 6) is 1.29. The van der Waals surface area contributed by atoms with Crippen molar-refractivity contribution in [1.82, 2.24) is 5.32 Å². The van der Waals surface area contributed by atoms with Crippen LogP contribution in [-0.2, 0) is 4.74 Å². The highest BCUT2D eigenvalue weighted by Gasteiger charge is 2.42. The molecular weight excluding hydrogens is 214 g/mol. The lowest BCUT2D eigenvalue weighted by molar-refractivity contribution is 0.179. The first-order valence-electron chi connectivity index (χ1n) is 6.53. The molecule has 1 rings (SSSR count). The van der Waals surface area contributed by atoms with Crippen LogP contribution in [0.1, 0.15) is 40.0 Å². The molecule has 0 aromatic rings. The Labute approximate surface area is 105 Å². The summed E-state index contributed by atoms with van der Waals surface area (Å²) < 4.78 is 5.04. The maximum absolute atomic E-state index is 5.85. The van der Waals surface area contributed by atoms with Crippen molar-refractivity contribution in [3.63, 3.8) is 0 Å². The first kappa shape index (κ1) is 14.3. The predicted molar refractivity (Wildman–Crippen MR) is 72.1 cm³/mol. The summed E-state index contributed by atoms with van der Waals surface area (Å²) in [6.07, 6.45) is 3.86. The molecule has 1 saturated carbocycles. The number of nitrogens with two attached hydrogens (primary N) is 1. The molecule has 0 bridgehead atoms. The Morgan fingerprint density at radius 1 is 1.41 bits per heavy atom. The number of hydrogen-bond donors (Lipinski definition) is 2. The number of ether oxygens (including phenoxy) is 1. The van der Waals surface area contributed by atoms with Crippen molar-refractivity contribution in [2.24, 2.45) is 22.1 Å². The van der Waals surface area contributed by atoms with Crippen LogP contribution in [0.4, 0.5) is 0 Å². The van der Waals surface area contributed by atoms with Crippen LogP contribution >= 0.6 is 0 Å². The Morgan fingerprint density at radius 2 is 2.06 bits per heavy atom. The Bertz CT molecular complexity index is 259. The number of hydrogen-bond acceptors (Lipinski definition) is 2. The number of nitrogens with one attached hydrogen (secondary N) is 1. The number of nitrogens with zero attached hydrogens (tertiary/aromatic N) is 1. The maximum Gasteiger partial charge on any atom is 0.188 e. The molecule has 1 aliphatic rings. The Morgan fingerprint density at radius 3 is 2.53 bits per heavy atom. The van der Waals surface area contributed by atoms with Crippen LogP contribution in [0.25, 0.3) is 0 Å². The van der Waals surface area contributed by atoms with Crippen molar-refractivity contribution in [3.05, 3.63) is 0 Å². The Hall–Kier alpha value is -0.770. The highest BCUT2D eigenvalue weighted by Crippen LogP contribution is 2.50. The van der Waals surface area contributed by atoms with Gasteiger partial charge in [0.25, 0.3) is 0 Å². The standard InChI is InChI=1S/C13H27N3O/c1-10(2)7-13(5-6-13)9-15-12(14)16-11(3)8-17-4/h10-11H,5-9H2,1-4H3,(H3,14,15,16). The van der Waals surface area contributed by atoms with E-state index in [2.05, 4.69) is 24.2 Å². The second kappa shape index (κ2) is 6.24. The molecule has 0 aromatic heterocycles. The minimum Gasteiger partial charge on any atom is -0.383 e. The minimum absolute atomic E-state index is 0.212. The van der Waals surface area contributed by atoms with Crippen molar-refractivity contribution in [2.45, 2.75) is 46.1 Å². The van der Waals surface area contributed by atoms with Crippen molar-refractivity contribution < 1.29 is 4.74 Å². The summed E-state index contributed by atoms with van der Waals surface area (Å²) in [7, 11) is 1.69. The van der Waals surface area contributed by atoms with Gasteiger partial charge in [0.15, 0.2) is 5.96 Å². The van der Waals surface area contributed by atoms with E-state index in [9.17, 15) is 0 Å². The summed E-state index contributed by atoms with van der Waals surface area (Å²) in [6, 6.07) is 0.212. The molecule has 1 aliphatic carbocycles. The Balaban J connectivity index is 2.32. The quantitative estimate of drug-likeness (QED) is 0.527. The summed E-state index contributed by atoms with van der Waals surface area (Å²) in [5.41, 5.74) is 6.30. The van der Waals surface area contributed by atoms with Gasteiger partial charge in [0.1, 0.15) is 0 Å². The van der Waals surface area contributed by atoms with Crippen molar-refractivity contribution in [3.8, 4) is 0 Å². The number of rotatable bonds is 7. The minimum atomic E-state index is 0.212. The van der Waals surface area contributed by atoms with Gasteiger partial charge < -0.3 is 15.8 Å². The first-order valence-corrected chi connectivity index (χ1v) is 6.53. The molecule has 0 radical (unpaired) electrons. The van der Waals surface area contributed by atoms with Crippen LogP contribution in [0.2, 0.25) is 0 Å². The third-order valence-electron chi connectivity index (χ3n) is 3.19. The van der Waals surface area contributed by atoms with E-state index in [1.165, 1.54) is 19.3 Å². The maximum atomic E-state index is 5.85. The molecule has 0 heterocycles. The second-order valence-corrected chi connectivity index (χ2v) is 5.80. The molecule has 1 atom stereocenters. The van der Waals surface area contributed by atoms with E-state index in [1.807, 2.05) is 6.92 Å². The molecule has 0 saturated heterocycles. The average Bonchev–Trinajstić information content (AvgIpc) is 2.95. The van der Waals surface area contributed by atoms with E-state index in [4.69, 9.17) is 10.5 Å². The van der Waals surface area contributed by atoms with Gasteiger partial charge in [-0.05, 0) is 37.5 Å². The van der Waals surface area contributed by atoms with Crippen LogP contribution in [0, 0.1) is 11.3 Å². The van der Waals surface area contributed by atoms with Gasteiger partial charge in [0.05, 0.1) is 6.61 Å². The third kappa shape index (κ3) is 5.39. The average molecular weight is 241 g/mol. The summed E-state index contributed by atoms with van der Waals surface area (Å²) in [5, 5.41) is 3.14. The van der Waals surface area contributed by atoms with Gasteiger partial charge in [-0.25, -0.2) is 0 Å². The first-order chi connectivity index (χ1) is 7.97. The SMILES string of the molecule is COCC(C)NC(N)=NCC1(CC(C)C)CC1. The number of aliphatic imine (C=N–C) groups is 1. The summed E-state index contributed by atoms with van der Waals surface area (Å²) >= 11 is 0. The van der Waals surface area contributed by atoms with Crippen LogP contribution in [0.15, 0.2) is 4.99 Å². The highest BCUT2D eigenvalue weighted by atomic mass is 16.5. The van der Waals surface area contributed by atoms with Crippen molar-refractivity contribution in [2.75, 3.05) is 20.3 Å². The largest absolute Gasteiger partial charge is 0.383 e.